The van der Waals surface area contributed by atoms with Gasteiger partial charge in [-0.05, 0) is 41.6 Å². The van der Waals surface area contributed by atoms with Crippen LogP contribution in [0.25, 0.3) is 0 Å². The highest BCUT2D eigenvalue weighted by Gasteiger charge is 2.35. The Balaban J connectivity index is 1.36. The first-order chi connectivity index (χ1) is 15.9. The number of amides is 3. The largest absolute Gasteiger partial charge is 0.354 e. The van der Waals surface area contributed by atoms with Gasteiger partial charge in [-0.15, -0.1) is 11.3 Å². The van der Waals surface area contributed by atoms with Crippen molar-refractivity contribution >= 4 is 38.9 Å². The Labute approximate surface area is 195 Å². The van der Waals surface area contributed by atoms with Gasteiger partial charge in [-0.25, -0.2) is 8.42 Å². The number of fused-ring (bicyclic) bond motifs is 1. The van der Waals surface area contributed by atoms with Gasteiger partial charge in [-0.2, -0.15) is 0 Å². The van der Waals surface area contributed by atoms with E-state index in [2.05, 4.69) is 10.3 Å². The van der Waals surface area contributed by atoms with Gasteiger partial charge in [0.1, 0.15) is 9.46 Å². The lowest BCUT2D eigenvalue weighted by atomic mass is 10.1. The van der Waals surface area contributed by atoms with Gasteiger partial charge in [0, 0.05) is 31.9 Å². The number of carbonyl (C=O) groups is 3. The third-order valence-electron chi connectivity index (χ3n) is 5.35. The zero-order valence-electron chi connectivity index (χ0n) is 17.5. The highest BCUT2D eigenvalue weighted by Crippen LogP contribution is 2.30. The Morgan fingerprint density at radius 1 is 1.03 bits per heavy atom. The van der Waals surface area contributed by atoms with Crippen LogP contribution in [0.1, 0.15) is 44.4 Å². The quantitative estimate of drug-likeness (QED) is 0.468. The van der Waals surface area contributed by atoms with E-state index in [0.717, 1.165) is 16.2 Å². The number of nitrogens with zero attached hydrogens (tertiary/aromatic N) is 2. The Morgan fingerprint density at radius 3 is 2.36 bits per heavy atom. The highest BCUT2D eigenvalue weighted by molar-refractivity contribution is 7.93. The summed E-state index contributed by atoms with van der Waals surface area (Å²) < 4.78 is 26.5. The molecule has 3 amide bonds. The van der Waals surface area contributed by atoms with Crippen molar-refractivity contribution in [1.82, 2.24) is 15.2 Å². The van der Waals surface area contributed by atoms with Crippen LogP contribution in [-0.2, 0) is 14.6 Å². The van der Waals surface area contributed by atoms with Crippen LogP contribution in [0.4, 0.5) is 0 Å². The van der Waals surface area contributed by atoms with Gasteiger partial charge in [0.2, 0.25) is 5.91 Å². The summed E-state index contributed by atoms with van der Waals surface area (Å²) in [6.45, 7) is -0.00291. The van der Waals surface area contributed by atoms with Crippen molar-refractivity contribution in [3.05, 3.63) is 83.0 Å². The monoisotopic (exact) mass is 483 g/mol. The van der Waals surface area contributed by atoms with Crippen molar-refractivity contribution in [3.63, 3.8) is 0 Å². The van der Waals surface area contributed by atoms with E-state index >= 15 is 0 Å². The minimum Gasteiger partial charge on any atom is -0.354 e. The molecular weight excluding hydrogens is 462 g/mol. The molecule has 0 aliphatic carbocycles. The lowest BCUT2D eigenvalue weighted by Crippen LogP contribution is -2.34. The van der Waals surface area contributed by atoms with E-state index in [1.807, 2.05) is 0 Å². The van der Waals surface area contributed by atoms with Crippen LogP contribution < -0.4 is 5.32 Å². The summed E-state index contributed by atoms with van der Waals surface area (Å²) in [4.78, 5) is 42.4. The van der Waals surface area contributed by atoms with Gasteiger partial charge in [0.15, 0.2) is 9.84 Å². The molecule has 3 aromatic rings. The summed E-state index contributed by atoms with van der Waals surface area (Å²) >= 11 is 1.12. The molecule has 2 aromatic heterocycles. The molecule has 0 bridgehead atoms. The van der Waals surface area contributed by atoms with Gasteiger partial charge in [0.25, 0.3) is 11.8 Å². The normalized spacial score (nSPS) is 14.2. The molecule has 33 heavy (non-hydrogen) atoms. The van der Waals surface area contributed by atoms with E-state index in [9.17, 15) is 22.8 Å². The molecule has 0 saturated carbocycles. The third-order valence-corrected chi connectivity index (χ3v) is 8.89. The van der Waals surface area contributed by atoms with Crippen molar-refractivity contribution in [1.29, 1.82) is 0 Å². The number of hydrogen-bond acceptors (Lipinski definition) is 7. The van der Waals surface area contributed by atoms with Crippen molar-refractivity contribution in [2.75, 3.05) is 13.1 Å². The summed E-state index contributed by atoms with van der Waals surface area (Å²) in [5, 5.41) is 3.39. The number of benzene rings is 1. The molecular formula is C23H21N3O5S2. The molecule has 1 aliphatic rings. The maximum absolute atomic E-state index is 13.1. The molecule has 1 aromatic carbocycles. The SMILES string of the molecule is O=C(CCCN1C(=O)c2ccccc2C1=O)NCC(c1cccnc1)S(=O)(=O)c1cccs1. The van der Waals surface area contributed by atoms with Gasteiger partial charge in [0.05, 0.1) is 11.1 Å². The fraction of sp³-hybridized carbons (Fsp3) is 0.217. The predicted molar refractivity (Wildman–Crippen MR) is 123 cm³/mol. The van der Waals surface area contributed by atoms with Crippen LogP contribution in [0, 0.1) is 0 Å². The Morgan fingerprint density at radius 2 is 1.76 bits per heavy atom. The van der Waals surface area contributed by atoms with E-state index in [4.69, 9.17) is 0 Å². The molecule has 10 heteroatoms. The lowest BCUT2D eigenvalue weighted by molar-refractivity contribution is -0.121. The molecule has 3 heterocycles. The first-order valence-electron chi connectivity index (χ1n) is 10.3. The molecule has 0 saturated heterocycles. The maximum atomic E-state index is 13.1. The second-order valence-corrected chi connectivity index (χ2v) is 10.8. The Bertz CT molecular complexity index is 1240. The fourth-order valence-corrected chi connectivity index (χ4v) is 6.52. The van der Waals surface area contributed by atoms with Gasteiger partial charge < -0.3 is 5.32 Å². The topological polar surface area (TPSA) is 114 Å². The second kappa shape index (κ2) is 9.63. The number of aromatic nitrogens is 1. The van der Waals surface area contributed by atoms with Crippen LogP contribution in [0.2, 0.25) is 0 Å². The van der Waals surface area contributed by atoms with E-state index in [1.165, 1.54) is 12.3 Å². The predicted octanol–water partition coefficient (Wildman–Crippen LogP) is 2.85. The molecule has 8 nitrogen and oxygen atoms in total. The number of imide groups is 1. The van der Waals surface area contributed by atoms with E-state index in [0.29, 0.717) is 16.7 Å². The minimum atomic E-state index is -3.72. The Kier molecular flexibility index (Phi) is 6.66. The lowest BCUT2D eigenvalue weighted by Gasteiger charge is -2.18. The number of nitrogens with one attached hydrogen (secondary N) is 1. The molecule has 4 rings (SSSR count). The van der Waals surface area contributed by atoms with Crippen LogP contribution in [0.15, 0.2) is 70.5 Å². The molecule has 1 atom stereocenters. The maximum Gasteiger partial charge on any atom is 0.261 e. The fourth-order valence-electron chi connectivity index (χ4n) is 3.67. The average molecular weight is 484 g/mol. The van der Waals surface area contributed by atoms with Crippen molar-refractivity contribution in [2.45, 2.75) is 22.3 Å². The summed E-state index contributed by atoms with van der Waals surface area (Å²) in [6.07, 6.45) is 3.35. The van der Waals surface area contributed by atoms with Crippen LogP contribution in [0.5, 0.6) is 0 Å². The van der Waals surface area contributed by atoms with Crippen LogP contribution in [0.3, 0.4) is 0 Å². The number of rotatable bonds is 9. The molecule has 0 fully saturated rings. The summed E-state index contributed by atoms with van der Waals surface area (Å²) in [5.74, 6) is -1.09. The summed E-state index contributed by atoms with van der Waals surface area (Å²) in [7, 11) is -3.72. The molecule has 0 spiro atoms. The number of sulfone groups is 1. The number of carbonyl (C=O) groups excluding carboxylic acids is 3. The van der Waals surface area contributed by atoms with Crippen molar-refractivity contribution in [2.24, 2.45) is 0 Å². The number of hydrogen-bond donors (Lipinski definition) is 1. The zero-order valence-corrected chi connectivity index (χ0v) is 19.1. The third kappa shape index (κ3) is 4.71. The van der Waals surface area contributed by atoms with E-state index in [1.54, 1.807) is 54.0 Å². The van der Waals surface area contributed by atoms with Crippen LogP contribution >= 0.6 is 11.3 Å². The van der Waals surface area contributed by atoms with E-state index < -0.39 is 15.1 Å². The first kappa shape index (κ1) is 22.8. The molecule has 170 valence electrons. The number of pyridine rings is 1. The van der Waals surface area contributed by atoms with E-state index in [-0.39, 0.29) is 47.9 Å². The Hall–Kier alpha value is -3.37. The summed E-state index contributed by atoms with van der Waals surface area (Å²) in [6, 6.07) is 13.1. The zero-order chi connectivity index (χ0) is 23.4. The highest BCUT2D eigenvalue weighted by atomic mass is 32.2. The average Bonchev–Trinajstić information content (AvgIpc) is 3.44. The minimum absolute atomic E-state index is 0.0478. The first-order valence-corrected chi connectivity index (χ1v) is 12.7. The molecule has 1 aliphatic heterocycles. The smallest absolute Gasteiger partial charge is 0.261 e. The molecule has 1 unspecified atom stereocenters. The molecule has 1 N–H and O–H groups in total. The van der Waals surface area contributed by atoms with Crippen molar-refractivity contribution in [3.8, 4) is 0 Å². The van der Waals surface area contributed by atoms with Gasteiger partial charge in [-0.1, -0.05) is 24.3 Å². The molecule has 0 radical (unpaired) electrons. The van der Waals surface area contributed by atoms with Gasteiger partial charge >= 0.3 is 0 Å². The summed E-state index contributed by atoms with van der Waals surface area (Å²) in [5.41, 5.74) is 1.22. The number of thiophene rings is 1. The van der Waals surface area contributed by atoms with Crippen LogP contribution in [-0.4, -0.2) is 49.1 Å². The standard InChI is InChI=1S/C23H21N3O5S2/c27-20(9-4-12-26-22(28)17-7-1-2-8-18(17)23(26)29)25-15-19(16-6-3-11-24-14-16)33(30,31)21-10-5-13-32-21/h1-3,5-8,10-11,13-14,19H,4,9,12,15H2,(H,25,27). The van der Waals surface area contributed by atoms with Crippen molar-refractivity contribution < 1.29 is 22.8 Å². The second-order valence-electron chi connectivity index (χ2n) is 7.47. The van der Waals surface area contributed by atoms with Gasteiger partial charge in [-0.3, -0.25) is 24.3 Å².